The summed E-state index contributed by atoms with van der Waals surface area (Å²) in [5.74, 6) is 1.79. The van der Waals surface area contributed by atoms with Gasteiger partial charge in [-0.15, -0.1) is 0 Å². The third kappa shape index (κ3) is 3.87. The number of anilines is 1. The van der Waals surface area contributed by atoms with Crippen molar-refractivity contribution in [2.45, 2.75) is 0 Å². The van der Waals surface area contributed by atoms with Gasteiger partial charge >= 0.3 is 6.09 Å². The van der Waals surface area contributed by atoms with Crippen molar-refractivity contribution >= 4 is 38.7 Å². The van der Waals surface area contributed by atoms with Crippen molar-refractivity contribution in [2.75, 3.05) is 26.6 Å². The Morgan fingerprint density at radius 1 is 1.00 bits per heavy atom. The van der Waals surface area contributed by atoms with Crippen LogP contribution >= 0.6 is 15.9 Å². The van der Waals surface area contributed by atoms with E-state index in [2.05, 4.69) is 31.2 Å². The maximum absolute atomic E-state index is 12.3. The summed E-state index contributed by atoms with van der Waals surface area (Å²) in [4.78, 5) is 20.8. The lowest BCUT2D eigenvalue weighted by atomic mass is 10.2. The molecule has 1 heterocycles. The molecule has 0 aliphatic carbocycles. The van der Waals surface area contributed by atoms with Crippen molar-refractivity contribution in [2.24, 2.45) is 0 Å². The number of rotatable bonds is 5. The maximum atomic E-state index is 12.3. The molecular formula is C18H16BrN3O5. The highest BCUT2D eigenvalue weighted by Gasteiger charge is 2.21. The van der Waals surface area contributed by atoms with Gasteiger partial charge in [0.15, 0.2) is 16.2 Å². The van der Waals surface area contributed by atoms with Gasteiger partial charge in [-0.2, -0.15) is 0 Å². The van der Waals surface area contributed by atoms with Gasteiger partial charge in [-0.05, 0) is 34.1 Å². The molecule has 0 aliphatic rings. The Kier molecular flexibility index (Phi) is 5.60. The molecule has 0 atom stereocenters. The SMILES string of the molecule is COc1cc2c(NC(=O)Oc3ccccc3)nc(Br)nc2c(OC)c1OC. The minimum absolute atomic E-state index is 0.229. The summed E-state index contributed by atoms with van der Waals surface area (Å²) in [7, 11) is 4.49. The predicted octanol–water partition coefficient (Wildman–Crippen LogP) is 4.03. The maximum Gasteiger partial charge on any atom is 0.418 e. The van der Waals surface area contributed by atoms with Crippen LogP contribution in [0, 0.1) is 0 Å². The highest BCUT2D eigenvalue weighted by molar-refractivity contribution is 9.10. The van der Waals surface area contributed by atoms with E-state index < -0.39 is 6.09 Å². The summed E-state index contributed by atoms with van der Waals surface area (Å²) in [5.41, 5.74) is 0.437. The first-order valence-corrected chi connectivity index (χ1v) is 8.56. The molecule has 3 rings (SSSR count). The van der Waals surface area contributed by atoms with Crippen molar-refractivity contribution in [1.29, 1.82) is 0 Å². The second-order valence-corrected chi connectivity index (χ2v) is 5.92. The standard InChI is InChI=1S/C18H16BrN3O5/c1-24-12-9-11-13(15(26-3)14(12)25-2)20-17(19)21-16(11)22-18(23)27-10-7-5-4-6-8-10/h4-9H,1-3H3,(H,20,21,22,23). The van der Waals surface area contributed by atoms with Crippen molar-refractivity contribution in [3.63, 3.8) is 0 Å². The Morgan fingerprint density at radius 3 is 2.33 bits per heavy atom. The number of benzene rings is 2. The fraction of sp³-hybridized carbons (Fsp3) is 0.167. The van der Waals surface area contributed by atoms with Gasteiger partial charge in [0.2, 0.25) is 5.75 Å². The highest BCUT2D eigenvalue weighted by atomic mass is 79.9. The van der Waals surface area contributed by atoms with Crippen LogP contribution in [0.3, 0.4) is 0 Å². The van der Waals surface area contributed by atoms with Gasteiger partial charge < -0.3 is 18.9 Å². The zero-order valence-electron chi connectivity index (χ0n) is 14.8. The smallest absolute Gasteiger partial charge is 0.418 e. The van der Waals surface area contributed by atoms with Crippen LogP contribution in [0.15, 0.2) is 41.1 Å². The largest absolute Gasteiger partial charge is 0.493 e. The Morgan fingerprint density at radius 2 is 1.70 bits per heavy atom. The number of methoxy groups -OCH3 is 3. The number of nitrogens with one attached hydrogen (secondary N) is 1. The van der Waals surface area contributed by atoms with Gasteiger partial charge in [0.25, 0.3) is 0 Å². The molecule has 0 fully saturated rings. The van der Waals surface area contributed by atoms with Crippen molar-refractivity contribution < 1.29 is 23.7 Å². The van der Waals surface area contributed by atoms with E-state index in [1.54, 1.807) is 30.3 Å². The molecule has 8 nitrogen and oxygen atoms in total. The zero-order chi connectivity index (χ0) is 19.4. The molecule has 1 amide bonds. The number of carbonyl (C=O) groups excluding carboxylic acids is 1. The van der Waals surface area contributed by atoms with E-state index in [1.807, 2.05) is 6.07 Å². The van der Waals surface area contributed by atoms with Gasteiger partial charge in [0.1, 0.15) is 17.1 Å². The first kappa shape index (κ1) is 18.7. The molecule has 9 heteroatoms. The van der Waals surface area contributed by atoms with Gasteiger partial charge in [-0.3, -0.25) is 5.32 Å². The number of carbonyl (C=O) groups is 1. The number of ether oxygens (including phenoxy) is 4. The quantitative estimate of drug-likeness (QED) is 0.607. The number of fused-ring (bicyclic) bond motifs is 1. The molecule has 1 N–H and O–H groups in total. The number of amides is 1. The first-order chi connectivity index (χ1) is 13.1. The van der Waals surface area contributed by atoms with E-state index in [1.165, 1.54) is 21.3 Å². The molecule has 1 aromatic heterocycles. The molecule has 140 valence electrons. The van der Waals surface area contributed by atoms with Crippen LogP contribution < -0.4 is 24.3 Å². The number of para-hydroxylation sites is 1. The molecule has 0 saturated heterocycles. The molecule has 0 saturated carbocycles. The Balaban J connectivity index is 2.06. The Hall–Kier alpha value is -3.07. The molecule has 0 bridgehead atoms. The highest BCUT2D eigenvalue weighted by Crippen LogP contribution is 2.44. The van der Waals surface area contributed by atoms with E-state index in [-0.39, 0.29) is 10.6 Å². The van der Waals surface area contributed by atoms with Crippen LogP contribution in [0.4, 0.5) is 10.6 Å². The molecule has 0 unspecified atom stereocenters. The lowest BCUT2D eigenvalue weighted by molar-refractivity contribution is 0.215. The molecular weight excluding hydrogens is 418 g/mol. The molecule has 2 aromatic carbocycles. The summed E-state index contributed by atoms with van der Waals surface area (Å²) < 4.78 is 21.7. The van der Waals surface area contributed by atoms with Crippen LogP contribution in [0.5, 0.6) is 23.0 Å². The number of hydrogen-bond acceptors (Lipinski definition) is 7. The molecule has 3 aromatic rings. The van der Waals surface area contributed by atoms with Gasteiger partial charge in [-0.1, -0.05) is 18.2 Å². The summed E-state index contributed by atoms with van der Waals surface area (Å²) in [6.07, 6.45) is -0.693. The topological polar surface area (TPSA) is 91.8 Å². The third-order valence-corrected chi connectivity index (χ3v) is 4.00. The molecule has 0 radical (unpaired) electrons. The van der Waals surface area contributed by atoms with E-state index in [0.717, 1.165) is 0 Å². The van der Waals surface area contributed by atoms with Crippen LogP contribution in [-0.2, 0) is 0 Å². The number of nitrogens with zero attached hydrogens (tertiary/aromatic N) is 2. The fourth-order valence-electron chi connectivity index (χ4n) is 2.52. The average Bonchev–Trinajstić information content (AvgIpc) is 2.67. The van der Waals surface area contributed by atoms with E-state index in [9.17, 15) is 4.79 Å². The fourth-order valence-corrected chi connectivity index (χ4v) is 2.87. The summed E-state index contributed by atoms with van der Waals surface area (Å²) in [6, 6.07) is 10.4. The van der Waals surface area contributed by atoms with Crippen LogP contribution in [-0.4, -0.2) is 37.4 Å². The average molecular weight is 434 g/mol. The lowest BCUT2D eigenvalue weighted by Gasteiger charge is -2.16. The van der Waals surface area contributed by atoms with E-state index >= 15 is 0 Å². The Labute approximate surface area is 163 Å². The van der Waals surface area contributed by atoms with Gasteiger partial charge in [-0.25, -0.2) is 14.8 Å². The van der Waals surface area contributed by atoms with E-state index in [0.29, 0.717) is 33.9 Å². The third-order valence-electron chi connectivity index (χ3n) is 3.64. The second kappa shape index (κ2) is 8.09. The van der Waals surface area contributed by atoms with Crippen LogP contribution in [0.2, 0.25) is 0 Å². The minimum Gasteiger partial charge on any atom is -0.493 e. The second-order valence-electron chi connectivity index (χ2n) is 5.21. The summed E-state index contributed by atoms with van der Waals surface area (Å²) in [5, 5.41) is 3.12. The monoisotopic (exact) mass is 433 g/mol. The van der Waals surface area contributed by atoms with E-state index in [4.69, 9.17) is 18.9 Å². The normalized spacial score (nSPS) is 10.4. The number of hydrogen-bond donors (Lipinski definition) is 1. The van der Waals surface area contributed by atoms with Gasteiger partial charge in [0, 0.05) is 0 Å². The summed E-state index contributed by atoms with van der Waals surface area (Å²) >= 11 is 3.24. The van der Waals surface area contributed by atoms with Crippen LogP contribution in [0.25, 0.3) is 10.9 Å². The Bertz CT molecular complexity index is 982. The minimum atomic E-state index is -0.693. The molecule has 27 heavy (non-hydrogen) atoms. The van der Waals surface area contributed by atoms with Crippen LogP contribution in [0.1, 0.15) is 0 Å². The van der Waals surface area contributed by atoms with Crippen molar-refractivity contribution in [1.82, 2.24) is 9.97 Å². The van der Waals surface area contributed by atoms with Gasteiger partial charge in [0.05, 0.1) is 26.7 Å². The molecule has 0 spiro atoms. The molecule has 0 aliphatic heterocycles. The lowest BCUT2D eigenvalue weighted by Crippen LogP contribution is -2.18. The first-order valence-electron chi connectivity index (χ1n) is 7.77. The summed E-state index contributed by atoms with van der Waals surface area (Å²) in [6.45, 7) is 0. The van der Waals surface area contributed by atoms with Crippen molar-refractivity contribution in [3.8, 4) is 23.0 Å². The zero-order valence-corrected chi connectivity index (χ0v) is 16.4. The predicted molar refractivity (Wildman–Crippen MR) is 103 cm³/mol. The number of aromatic nitrogens is 2. The number of halogens is 1. The van der Waals surface area contributed by atoms with Crippen molar-refractivity contribution in [3.05, 3.63) is 41.1 Å².